The lowest BCUT2D eigenvalue weighted by Gasteiger charge is -2.32. The summed E-state index contributed by atoms with van der Waals surface area (Å²) in [5.41, 5.74) is 2.29. The van der Waals surface area contributed by atoms with Gasteiger partial charge in [0.2, 0.25) is 0 Å². The lowest BCUT2D eigenvalue weighted by atomic mass is 10.0. The monoisotopic (exact) mass is 283 g/mol. The zero-order valence-electron chi connectivity index (χ0n) is 10.9. The molecular formula is C11H20F3N3O2. The summed E-state index contributed by atoms with van der Waals surface area (Å²) in [4.78, 5) is 15.0. The van der Waals surface area contributed by atoms with Crippen LogP contribution in [0.1, 0.15) is 13.3 Å². The van der Waals surface area contributed by atoms with Crippen molar-refractivity contribution in [1.29, 1.82) is 0 Å². The summed E-state index contributed by atoms with van der Waals surface area (Å²) in [6.07, 6.45) is -4.19. The molecule has 1 aliphatic heterocycles. The summed E-state index contributed by atoms with van der Waals surface area (Å²) in [6, 6.07) is 0. The third-order valence-electron chi connectivity index (χ3n) is 3.33. The first-order valence-corrected chi connectivity index (χ1v) is 6.18. The molecule has 5 nitrogen and oxygen atoms in total. The van der Waals surface area contributed by atoms with Crippen LogP contribution >= 0.6 is 0 Å². The van der Waals surface area contributed by atoms with Crippen molar-refractivity contribution in [3.63, 3.8) is 0 Å². The van der Waals surface area contributed by atoms with E-state index in [-0.39, 0.29) is 19.7 Å². The maximum absolute atomic E-state index is 12.7. The van der Waals surface area contributed by atoms with Crippen molar-refractivity contribution < 1.29 is 23.1 Å². The third kappa shape index (κ3) is 3.80. The highest BCUT2D eigenvalue weighted by molar-refractivity contribution is 5.86. The first kappa shape index (κ1) is 16.2. The maximum Gasteiger partial charge on any atom is 0.415 e. The van der Waals surface area contributed by atoms with Gasteiger partial charge in [0.05, 0.1) is 6.61 Å². The molecule has 3 N–H and O–H groups in total. The predicted molar refractivity (Wildman–Crippen MR) is 63.4 cm³/mol. The van der Waals surface area contributed by atoms with Crippen LogP contribution in [0.2, 0.25) is 0 Å². The number of aliphatic hydroxyl groups is 1. The number of hydrogen-bond acceptors (Lipinski definition) is 4. The Labute approximate surface area is 110 Å². The Bertz CT molecular complexity index is 321. The molecule has 0 bridgehead atoms. The van der Waals surface area contributed by atoms with Crippen LogP contribution in [0.15, 0.2) is 0 Å². The number of carbonyl (C=O) groups excluding carboxylic acids is 1. The number of β-amino-alcohol motifs (C(OH)–C–C–N with tert-alkyl or cyclic N) is 1. The Kier molecular flexibility index (Phi) is 5.17. The van der Waals surface area contributed by atoms with Gasteiger partial charge in [-0.05, 0) is 19.9 Å². The van der Waals surface area contributed by atoms with E-state index >= 15 is 0 Å². The number of hydrogen-bond donors (Lipinski definition) is 2. The molecule has 0 saturated carbocycles. The average Bonchev–Trinajstić information content (AvgIpc) is 2.52. The highest BCUT2D eigenvalue weighted by Crippen LogP contribution is 2.29. The molecule has 0 aromatic rings. The van der Waals surface area contributed by atoms with E-state index in [9.17, 15) is 18.0 Å². The second-order valence-corrected chi connectivity index (χ2v) is 4.91. The van der Waals surface area contributed by atoms with Crippen LogP contribution in [0.5, 0.6) is 0 Å². The summed E-state index contributed by atoms with van der Waals surface area (Å²) in [7, 11) is 0. The van der Waals surface area contributed by atoms with Crippen molar-refractivity contribution in [2.75, 3.05) is 39.3 Å². The molecule has 0 aromatic carbocycles. The predicted octanol–water partition coefficient (Wildman–Crippen LogP) is -0.207. The fourth-order valence-corrected chi connectivity index (χ4v) is 1.99. The Hall–Kier alpha value is -0.860. The van der Waals surface area contributed by atoms with Gasteiger partial charge >= 0.3 is 6.18 Å². The van der Waals surface area contributed by atoms with Crippen LogP contribution in [-0.2, 0) is 4.79 Å². The van der Waals surface area contributed by atoms with E-state index in [2.05, 4.69) is 0 Å². The van der Waals surface area contributed by atoms with E-state index in [1.54, 1.807) is 0 Å². The van der Waals surface area contributed by atoms with Crippen LogP contribution < -0.4 is 5.73 Å². The summed E-state index contributed by atoms with van der Waals surface area (Å²) < 4.78 is 38.2. The largest absolute Gasteiger partial charge is 0.415 e. The number of rotatable bonds is 3. The SMILES string of the molecule is CC(N)(C(=O)N1CCCN(CCO)CC1)C(F)(F)F. The van der Waals surface area contributed by atoms with E-state index in [1.165, 1.54) is 0 Å². The molecule has 1 fully saturated rings. The second-order valence-electron chi connectivity index (χ2n) is 4.91. The van der Waals surface area contributed by atoms with Gasteiger partial charge in [-0.15, -0.1) is 0 Å². The molecule has 8 heteroatoms. The van der Waals surface area contributed by atoms with Crippen molar-refractivity contribution in [1.82, 2.24) is 9.80 Å². The Morgan fingerprint density at radius 2 is 1.89 bits per heavy atom. The maximum atomic E-state index is 12.7. The van der Waals surface area contributed by atoms with E-state index in [0.717, 1.165) is 4.90 Å². The standard InChI is InChI=1S/C11H20F3N3O2/c1-10(15,11(12,13)14)9(19)17-4-2-3-16(5-6-17)7-8-18/h18H,2-8,15H2,1H3. The smallest absolute Gasteiger partial charge is 0.395 e. The topological polar surface area (TPSA) is 69.8 Å². The van der Waals surface area contributed by atoms with Gasteiger partial charge in [-0.1, -0.05) is 0 Å². The molecule has 112 valence electrons. The van der Waals surface area contributed by atoms with Crippen molar-refractivity contribution in [2.45, 2.75) is 25.1 Å². The van der Waals surface area contributed by atoms with Crippen molar-refractivity contribution in [3.8, 4) is 0 Å². The van der Waals surface area contributed by atoms with Crippen LogP contribution in [0, 0.1) is 0 Å². The summed E-state index contributed by atoms with van der Waals surface area (Å²) in [5, 5.41) is 8.83. The molecule has 0 aliphatic carbocycles. The minimum Gasteiger partial charge on any atom is -0.395 e. The van der Waals surface area contributed by atoms with E-state index in [1.807, 2.05) is 4.90 Å². The first-order valence-electron chi connectivity index (χ1n) is 6.18. The molecule has 0 aromatic heterocycles. The molecule has 1 heterocycles. The quantitative estimate of drug-likeness (QED) is 0.752. The van der Waals surface area contributed by atoms with Crippen LogP contribution in [-0.4, -0.2) is 71.9 Å². The highest BCUT2D eigenvalue weighted by atomic mass is 19.4. The lowest BCUT2D eigenvalue weighted by Crippen LogP contribution is -2.62. The zero-order valence-corrected chi connectivity index (χ0v) is 10.9. The molecule has 1 rings (SSSR count). The highest BCUT2D eigenvalue weighted by Gasteiger charge is 2.55. The molecule has 1 unspecified atom stereocenters. The summed E-state index contributed by atoms with van der Waals surface area (Å²) in [6.45, 7) is 2.70. The zero-order chi connectivity index (χ0) is 14.7. The summed E-state index contributed by atoms with van der Waals surface area (Å²) in [5.74, 6) is -1.09. The fraction of sp³-hybridized carbons (Fsp3) is 0.909. The van der Waals surface area contributed by atoms with Crippen LogP contribution in [0.3, 0.4) is 0 Å². The Morgan fingerprint density at radius 3 is 2.42 bits per heavy atom. The minimum absolute atomic E-state index is 0.00883. The Morgan fingerprint density at radius 1 is 1.26 bits per heavy atom. The second kappa shape index (κ2) is 6.06. The Balaban J connectivity index is 2.68. The van der Waals surface area contributed by atoms with Gasteiger partial charge in [0.15, 0.2) is 5.54 Å². The van der Waals surface area contributed by atoms with Crippen molar-refractivity contribution >= 4 is 5.91 Å². The van der Waals surface area contributed by atoms with Crippen molar-refractivity contribution in [2.24, 2.45) is 5.73 Å². The molecule has 1 aliphatic rings. The third-order valence-corrected chi connectivity index (χ3v) is 3.33. The minimum atomic E-state index is -4.76. The van der Waals surface area contributed by atoms with Gasteiger partial charge in [-0.3, -0.25) is 9.69 Å². The van der Waals surface area contributed by atoms with Crippen molar-refractivity contribution in [3.05, 3.63) is 0 Å². The van der Waals surface area contributed by atoms with Gasteiger partial charge in [-0.25, -0.2) is 0 Å². The number of carbonyl (C=O) groups is 1. The van der Waals surface area contributed by atoms with Gasteiger partial charge < -0.3 is 15.7 Å². The van der Waals surface area contributed by atoms with Crippen LogP contribution in [0.25, 0.3) is 0 Å². The van der Waals surface area contributed by atoms with E-state index in [4.69, 9.17) is 10.8 Å². The van der Waals surface area contributed by atoms with Gasteiger partial charge in [-0.2, -0.15) is 13.2 Å². The fourth-order valence-electron chi connectivity index (χ4n) is 1.99. The number of amides is 1. The number of nitrogens with two attached hydrogens (primary N) is 1. The molecule has 1 amide bonds. The van der Waals surface area contributed by atoms with E-state index < -0.39 is 17.6 Å². The van der Waals surface area contributed by atoms with Gasteiger partial charge in [0.1, 0.15) is 0 Å². The number of nitrogens with zero attached hydrogens (tertiary/aromatic N) is 2. The van der Waals surface area contributed by atoms with Gasteiger partial charge in [0, 0.05) is 26.2 Å². The molecule has 1 atom stereocenters. The lowest BCUT2D eigenvalue weighted by molar-refractivity contribution is -0.193. The summed E-state index contributed by atoms with van der Waals surface area (Å²) >= 11 is 0. The van der Waals surface area contributed by atoms with E-state index in [0.29, 0.717) is 33.0 Å². The number of halogens is 3. The molecule has 1 saturated heterocycles. The number of aliphatic hydroxyl groups excluding tert-OH is 1. The average molecular weight is 283 g/mol. The molecule has 0 radical (unpaired) electrons. The normalized spacial score (nSPS) is 21.9. The number of alkyl halides is 3. The first-order chi connectivity index (χ1) is 8.70. The molecule has 19 heavy (non-hydrogen) atoms. The van der Waals surface area contributed by atoms with Crippen LogP contribution in [0.4, 0.5) is 13.2 Å². The molecular weight excluding hydrogens is 263 g/mol. The molecule has 0 spiro atoms. The van der Waals surface area contributed by atoms with Gasteiger partial charge in [0.25, 0.3) is 5.91 Å².